The monoisotopic (exact) mass is 346 g/mol. The normalized spacial score (nSPS) is 22.2. The lowest BCUT2D eigenvalue weighted by molar-refractivity contribution is 0.138. The number of carbonyl (C=O) groups excluding carboxylic acids is 1. The number of ether oxygens (including phenoxy) is 2. The number of rotatable bonds is 5. The lowest BCUT2D eigenvalue weighted by Gasteiger charge is -2.25. The molecule has 1 aromatic rings. The Morgan fingerprint density at radius 2 is 2.24 bits per heavy atom. The number of amides is 2. The molecular formula is C20H30N2O3. The van der Waals surface area contributed by atoms with Crippen LogP contribution in [0.15, 0.2) is 18.2 Å². The van der Waals surface area contributed by atoms with Crippen LogP contribution in [-0.4, -0.2) is 43.3 Å². The molecule has 1 fully saturated rings. The lowest BCUT2D eigenvalue weighted by atomic mass is 9.97. The second-order valence-electron chi connectivity index (χ2n) is 7.93. The average Bonchev–Trinajstić information content (AvgIpc) is 3.16. The molecule has 0 unspecified atom stereocenters. The lowest BCUT2D eigenvalue weighted by Crippen LogP contribution is -2.41. The summed E-state index contributed by atoms with van der Waals surface area (Å²) < 4.78 is 11.3. The first kappa shape index (κ1) is 18.1. The van der Waals surface area contributed by atoms with Gasteiger partial charge in [0.05, 0.1) is 12.6 Å². The minimum atomic E-state index is -0.143. The maximum absolute atomic E-state index is 12.6. The van der Waals surface area contributed by atoms with Crippen molar-refractivity contribution in [2.24, 2.45) is 5.92 Å². The minimum absolute atomic E-state index is 0.0174. The summed E-state index contributed by atoms with van der Waals surface area (Å²) in [6.45, 7) is 8.62. The maximum atomic E-state index is 12.6. The van der Waals surface area contributed by atoms with Crippen molar-refractivity contribution in [3.8, 4) is 5.75 Å². The summed E-state index contributed by atoms with van der Waals surface area (Å²) in [5.74, 6) is 1.42. The van der Waals surface area contributed by atoms with E-state index < -0.39 is 0 Å². The number of nitrogens with one attached hydrogen (secondary N) is 1. The highest BCUT2D eigenvalue weighted by molar-refractivity contribution is 5.74. The fraction of sp³-hybridized carbons (Fsp3) is 0.650. The molecule has 5 nitrogen and oxygen atoms in total. The van der Waals surface area contributed by atoms with Gasteiger partial charge in [0.2, 0.25) is 0 Å². The van der Waals surface area contributed by atoms with Gasteiger partial charge in [0, 0.05) is 32.5 Å². The number of fused-ring (bicyclic) bond motifs is 1. The van der Waals surface area contributed by atoms with Gasteiger partial charge in [0.1, 0.15) is 11.4 Å². The van der Waals surface area contributed by atoms with Crippen molar-refractivity contribution in [2.75, 3.05) is 26.8 Å². The van der Waals surface area contributed by atoms with Crippen LogP contribution in [0.3, 0.4) is 0 Å². The highest BCUT2D eigenvalue weighted by atomic mass is 16.5. The molecule has 2 aliphatic heterocycles. The molecule has 0 radical (unpaired) electrons. The summed E-state index contributed by atoms with van der Waals surface area (Å²) in [4.78, 5) is 14.3. The third-order valence-electron chi connectivity index (χ3n) is 5.10. The molecule has 1 saturated heterocycles. The van der Waals surface area contributed by atoms with Crippen LogP contribution in [0.5, 0.6) is 5.75 Å². The van der Waals surface area contributed by atoms with E-state index in [9.17, 15) is 4.79 Å². The van der Waals surface area contributed by atoms with E-state index in [1.165, 1.54) is 5.56 Å². The van der Waals surface area contributed by atoms with E-state index in [0.717, 1.165) is 50.3 Å². The summed E-state index contributed by atoms with van der Waals surface area (Å²) in [6.07, 6.45) is 2.80. The predicted octanol–water partition coefficient (Wildman–Crippen LogP) is 3.53. The maximum Gasteiger partial charge on any atom is 0.317 e. The van der Waals surface area contributed by atoms with Crippen LogP contribution in [0.4, 0.5) is 4.79 Å². The molecule has 0 saturated carbocycles. The fourth-order valence-electron chi connectivity index (χ4n) is 3.72. The highest BCUT2D eigenvalue weighted by Crippen LogP contribution is 2.36. The quantitative estimate of drug-likeness (QED) is 0.887. The van der Waals surface area contributed by atoms with Crippen molar-refractivity contribution in [2.45, 2.75) is 51.7 Å². The van der Waals surface area contributed by atoms with Crippen molar-refractivity contribution < 1.29 is 14.3 Å². The minimum Gasteiger partial charge on any atom is -0.487 e. The van der Waals surface area contributed by atoms with Crippen LogP contribution in [0, 0.1) is 5.92 Å². The van der Waals surface area contributed by atoms with E-state index in [1.807, 2.05) is 13.1 Å². The van der Waals surface area contributed by atoms with Gasteiger partial charge in [-0.25, -0.2) is 4.79 Å². The van der Waals surface area contributed by atoms with Crippen LogP contribution in [0.25, 0.3) is 0 Å². The highest BCUT2D eigenvalue weighted by Gasteiger charge is 2.30. The summed E-state index contributed by atoms with van der Waals surface area (Å²) >= 11 is 0. The van der Waals surface area contributed by atoms with Gasteiger partial charge >= 0.3 is 6.03 Å². The second-order valence-corrected chi connectivity index (χ2v) is 7.93. The zero-order chi connectivity index (χ0) is 18.0. The fourth-order valence-corrected chi connectivity index (χ4v) is 3.72. The average molecular weight is 346 g/mol. The summed E-state index contributed by atoms with van der Waals surface area (Å²) in [7, 11) is 1.86. The van der Waals surface area contributed by atoms with Gasteiger partial charge in [-0.05, 0) is 49.9 Å². The zero-order valence-electron chi connectivity index (χ0n) is 15.8. The van der Waals surface area contributed by atoms with Gasteiger partial charge in [-0.15, -0.1) is 0 Å². The summed E-state index contributed by atoms with van der Waals surface area (Å²) in [6, 6.07) is 6.29. The molecule has 5 heteroatoms. The van der Waals surface area contributed by atoms with Crippen LogP contribution < -0.4 is 10.1 Å². The third-order valence-corrected chi connectivity index (χ3v) is 5.10. The Hall–Kier alpha value is -1.75. The molecule has 2 aliphatic rings. The van der Waals surface area contributed by atoms with Crippen LogP contribution >= 0.6 is 0 Å². The van der Waals surface area contributed by atoms with E-state index in [1.54, 1.807) is 4.90 Å². The molecule has 3 rings (SSSR count). The first-order valence-corrected chi connectivity index (χ1v) is 9.29. The van der Waals surface area contributed by atoms with Crippen LogP contribution in [0.1, 0.15) is 50.8 Å². The van der Waals surface area contributed by atoms with Crippen LogP contribution in [-0.2, 0) is 11.2 Å². The SMILES string of the molecule is CC[C@@H](NC(=O)N(C)C[C@H]1CCOC1)c1ccc2c(c1)CC(C)(C)O2. The molecular weight excluding hydrogens is 316 g/mol. The molecule has 0 spiro atoms. The number of hydrogen-bond donors (Lipinski definition) is 1. The Morgan fingerprint density at radius 3 is 2.92 bits per heavy atom. The van der Waals surface area contributed by atoms with Gasteiger partial charge in [0.15, 0.2) is 0 Å². The van der Waals surface area contributed by atoms with Crippen molar-refractivity contribution in [1.29, 1.82) is 0 Å². The van der Waals surface area contributed by atoms with Gasteiger partial charge < -0.3 is 19.7 Å². The van der Waals surface area contributed by atoms with Gasteiger partial charge in [-0.3, -0.25) is 0 Å². The van der Waals surface area contributed by atoms with Crippen molar-refractivity contribution in [3.05, 3.63) is 29.3 Å². The van der Waals surface area contributed by atoms with Gasteiger partial charge in [-0.2, -0.15) is 0 Å². The van der Waals surface area contributed by atoms with E-state index in [-0.39, 0.29) is 17.7 Å². The topological polar surface area (TPSA) is 50.8 Å². The second kappa shape index (κ2) is 7.24. The number of hydrogen-bond acceptors (Lipinski definition) is 3. The number of nitrogens with zero attached hydrogens (tertiary/aromatic N) is 1. The van der Waals surface area contributed by atoms with Gasteiger partial charge in [0.25, 0.3) is 0 Å². The Bertz CT molecular complexity index is 623. The van der Waals surface area contributed by atoms with E-state index in [2.05, 4.69) is 38.2 Å². The molecule has 138 valence electrons. The first-order valence-electron chi connectivity index (χ1n) is 9.29. The molecule has 2 atom stereocenters. The third kappa shape index (κ3) is 4.27. The Balaban J connectivity index is 1.63. The molecule has 0 bridgehead atoms. The molecule has 0 aliphatic carbocycles. The Morgan fingerprint density at radius 1 is 1.44 bits per heavy atom. The van der Waals surface area contributed by atoms with E-state index in [4.69, 9.17) is 9.47 Å². The number of urea groups is 1. The molecule has 0 aromatic heterocycles. The van der Waals surface area contributed by atoms with Crippen molar-refractivity contribution >= 4 is 6.03 Å². The predicted molar refractivity (Wildman–Crippen MR) is 98.0 cm³/mol. The molecule has 25 heavy (non-hydrogen) atoms. The molecule has 1 aromatic carbocycles. The Labute approximate surface area is 150 Å². The van der Waals surface area contributed by atoms with E-state index >= 15 is 0 Å². The number of carbonyl (C=O) groups is 1. The summed E-state index contributed by atoms with van der Waals surface area (Å²) in [5.41, 5.74) is 2.23. The molecule has 2 amide bonds. The largest absolute Gasteiger partial charge is 0.487 e. The van der Waals surface area contributed by atoms with Gasteiger partial charge in [-0.1, -0.05) is 13.0 Å². The standard InChI is InChI=1S/C20H30N2O3/c1-5-17(21-19(23)22(4)12-14-8-9-24-13-14)15-6-7-18-16(10-15)11-20(2,3)25-18/h6-7,10,14,17H,5,8-9,11-13H2,1-4H3,(H,21,23)/t14-,17-/m1/s1. The Kier molecular flexibility index (Phi) is 5.23. The van der Waals surface area contributed by atoms with Crippen molar-refractivity contribution in [1.82, 2.24) is 10.2 Å². The summed E-state index contributed by atoms with van der Waals surface area (Å²) in [5, 5.41) is 3.17. The van der Waals surface area contributed by atoms with E-state index in [0.29, 0.717) is 5.92 Å². The van der Waals surface area contributed by atoms with Crippen molar-refractivity contribution in [3.63, 3.8) is 0 Å². The smallest absolute Gasteiger partial charge is 0.317 e. The first-order chi connectivity index (χ1) is 11.9. The zero-order valence-corrected chi connectivity index (χ0v) is 15.8. The molecule has 2 heterocycles. The van der Waals surface area contributed by atoms with Crippen LogP contribution in [0.2, 0.25) is 0 Å². The number of benzene rings is 1. The molecule has 1 N–H and O–H groups in total.